The van der Waals surface area contributed by atoms with Crippen molar-refractivity contribution in [2.45, 2.75) is 13.0 Å². The van der Waals surface area contributed by atoms with E-state index in [9.17, 15) is 0 Å². The molecule has 3 aromatic rings. The third kappa shape index (κ3) is 9.27. The number of benzene rings is 1. The van der Waals surface area contributed by atoms with E-state index in [1.807, 2.05) is 48.5 Å². The molecule has 32 heavy (non-hydrogen) atoms. The van der Waals surface area contributed by atoms with Crippen molar-refractivity contribution in [3.63, 3.8) is 0 Å². The first-order chi connectivity index (χ1) is 15.2. The fourth-order valence-electron chi connectivity index (χ4n) is 2.71. The maximum Gasteiger partial charge on any atom is 0.213 e. The van der Waals surface area contributed by atoms with Crippen LogP contribution in [-0.2, 0) is 13.0 Å². The number of halogens is 2. The number of guanidine groups is 1. The summed E-state index contributed by atoms with van der Waals surface area (Å²) in [7, 11) is 1.74. The quantitative estimate of drug-likeness (QED) is 0.126. The second-order valence-corrected chi connectivity index (χ2v) is 6.99. The minimum Gasteiger partial charge on any atom is -0.490 e. The molecule has 0 atom stereocenters. The van der Waals surface area contributed by atoms with Gasteiger partial charge in [0, 0.05) is 38.6 Å². The summed E-state index contributed by atoms with van der Waals surface area (Å²) in [5, 5.41) is 7.05. The lowest BCUT2D eigenvalue weighted by Crippen LogP contribution is -2.37. The first-order valence-corrected chi connectivity index (χ1v) is 10.4. The fourth-order valence-corrected chi connectivity index (χ4v) is 2.82. The predicted octanol–water partition coefficient (Wildman–Crippen LogP) is 4.11. The highest BCUT2D eigenvalue weighted by molar-refractivity contribution is 14.0. The topological polar surface area (TPSA) is 80.7 Å². The molecule has 0 aliphatic rings. The standard InChI is InChI=1S/C23H26ClN5O2.HI/c1-25-23(26-12-11-18-7-9-21(24)27-15-18)29-17-19-8-10-22(28-16-19)31-14-13-30-20-5-3-2-4-6-20;/h2-10,15-16H,11-14,17H2,1H3,(H2,25,26,29);1H. The molecule has 0 saturated heterocycles. The molecule has 2 aromatic heterocycles. The number of rotatable bonds is 10. The van der Waals surface area contributed by atoms with Gasteiger partial charge in [0.25, 0.3) is 0 Å². The van der Waals surface area contributed by atoms with Crippen molar-refractivity contribution in [1.29, 1.82) is 0 Å². The predicted molar refractivity (Wildman–Crippen MR) is 138 cm³/mol. The lowest BCUT2D eigenvalue weighted by atomic mass is 10.2. The van der Waals surface area contributed by atoms with Crippen LogP contribution in [0, 0.1) is 0 Å². The Morgan fingerprint density at radius 3 is 2.34 bits per heavy atom. The van der Waals surface area contributed by atoms with Crippen molar-refractivity contribution in [3.05, 3.63) is 83.3 Å². The van der Waals surface area contributed by atoms with Crippen LogP contribution in [0.4, 0.5) is 0 Å². The van der Waals surface area contributed by atoms with E-state index in [1.54, 1.807) is 25.5 Å². The van der Waals surface area contributed by atoms with E-state index >= 15 is 0 Å². The first kappa shape index (κ1) is 25.7. The van der Waals surface area contributed by atoms with Gasteiger partial charge >= 0.3 is 0 Å². The van der Waals surface area contributed by atoms with E-state index in [-0.39, 0.29) is 24.0 Å². The Kier molecular flexibility index (Phi) is 11.6. The molecule has 0 radical (unpaired) electrons. The highest BCUT2D eigenvalue weighted by Crippen LogP contribution is 2.10. The lowest BCUT2D eigenvalue weighted by Gasteiger charge is -2.12. The molecule has 0 aliphatic carbocycles. The van der Waals surface area contributed by atoms with Gasteiger partial charge in [0.05, 0.1) is 0 Å². The summed E-state index contributed by atoms with van der Waals surface area (Å²) in [5.41, 5.74) is 2.14. The van der Waals surface area contributed by atoms with Gasteiger partial charge in [-0.15, -0.1) is 24.0 Å². The van der Waals surface area contributed by atoms with Gasteiger partial charge in [-0.25, -0.2) is 9.97 Å². The van der Waals surface area contributed by atoms with Crippen LogP contribution >= 0.6 is 35.6 Å². The summed E-state index contributed by atoms with van der Waals surface area (Å²) >= 11 is 5.81. The molecular formula is C23H27ClIN5O2. The zero-order valence-electron chi connectivity index (χ0n) is 17.8. The fraction of sp³-hybridized carbons (Fsp3) is 0.261. The number of hydrogen-bond donors (Lipinski definition) is 2. The van der Waals surface area contributed by atoms with E-state index in [0.29, 0.717) is 30.8 Å². The molecule has 2 N–H and O–H groups in total. The Hall–Kier alpha value is -2.59. The molecule has 0 unspecified atom stereocenters. The van der Waals surface area contributed by atoms with Crippen molar-refractivity contribution >= 4 is 41.5 Å². The van der Waals surface area contributed by atoms with E-state index < -0.39 is 0 Å². The summed E-state index contributed by atoms with van der Waals surface area (Å²) in [5.74, 6) is 2.12. The monoisotopic (exact) mass is 567 g/mol. The number of aliphatic imine (C=N–C) groups is 1. The van der Waals surface area contributed by atoms with E-state index in [4.69, 9.17) is 21.1 Å². The van der Waals surface area contributed by atoms with Crippen LogP contribution in [0.2, 0.25) is 5.15 Å². The van der Waals surface area contributed by atoms with Crippen LogP contribution < -0.4 is 20.1 Å². The van der Waals surface area contributed by atoms with E-state index in [2.05, 4.69) is 25.6 Å². The lowest BCUT2D eigenvalue weighted by molar-refractivity contribution is 0.212. The average Bonchev–Trinajstić information content (AvgIpc) is 2.81. The molecule has 0 amide bonds. The van der Waals surface area contributed by atoms with Gasteiger partial charge in [-0.3, -0.25) is 4.99 Å². The van der Waals surface area contributed by atoms with Gasteiger partial charge < -0.3 is 20.1 Å². The van der Waals surface area contributed by atoms with Crippen molar-refractivity contribution in [3.8, 4) is 11.6 Å². The third-order valence-electron chi connectivity index (χ3n) is 4.32. The molecule has 9 heteroatoms. The van der Waals surface area contributed by atoms with Crippen LogP contribution in [0.5, 0.6) is 11.6 Å². The van der Waals surface area contributed by atoms with Gasteiger partial charge in [0.1, 0.15) is 24.1 Å². The number of hydrogen-bond acceptors (Lipinski definition) is 5. The minimum atomic E-state index is 0. The van der Waals surface area contributed by atoms with Crippen molar-refractivity contribution in [2.75, 3.05) is 26.8 Å². The van der Waals surface area contributed by atoms with Gasteiger partial charge in [-0.2, -0.15) is 0 Å². The largest absolute Gasteiger partial charge is 0.490 e. The molecule has 2 heterocycles. The van der Waals surface area contributed by atoms with E-state index in [1.165, 1.54) is 0 Å². The Morgan fingerprint density at radius 2 is 1.66 bits per heavy atom. The average molecular weight is 568 g/mol. The van der Waals surface area contributed by atoms with Gasteiger partial charge in [-0.1, -0.05) is 41.9 Å². The SMILES string of the molecule is CN=C(NCCc1ccc(Cl)nc1)NCc1ccc(OCCOc2ccccc2)nc1.I. The summed E-state index contributed by atoms with van der Waals surface area (Å²) in [4.78, 5) is 12.7. The number of ether oxygens (including phenoxy) is 2. The molecule has 7 nitrogen and oxygen atoms in total. The first-order valence-electron chi connectivity index (χ1n) is 10.0. The molecule has 0 bridgehead atoms. The van der Waals surface area contributed by atoms with Crippen LogP contribution in [0.15, 0.2) is 72.0 Å². The second kappa shape index (κ2) is 14.5. The number of nitrogens with one attached hydrogen (secondary N) is 2. The molecule has 1 aromatic carbocycles. The number of aromatic nitrogens is 2. The summed E-state index contributed by atoms with van der Waals surface area (Å²) in [6.45, 7) is 2.23. The second-order valence-electron chi connectivity index (χ2n) is 6.61. The van der Waals surface area contributed by atoms with Crippen molar-refractivity contribution in [1.82, 2.24) is 20.6 Å². The Morgan fingerprint density at radius 1 is 0.906 bits per heavy atom. The van der Waals surface area contributed by atoms with Crippen LogP contribution in [-0.4, -0.2) is 42.7 Å². The molecular weight excluding hydrogens is 541 g/mol. The zero-order valence-corrected chi connectivity index (χ0v) is 20.9. The van der Waals surface area contributed by atoms with Crippen LogP contribution in [0.1, 0.15) is 11.1 Å². The molecule has 170 valence electrons. The number of para-hydroxylation sites is 1. The Balaban J connectivity index is 0.00000363. The maximum absolute atomic E-state index is 5.81. The van der Waals surface area contributed by atoms with Crippen molar-refractivity contribution in [2.24, 2.45) is 4.99 Å². The highest BCUT2D eigenvalue weighted by Gasteiger charge is 2.02. The van der Waals surface area contributed by atoms with Crippen molar-refractivity contribution < 1.29 is 9.47 Å². The molecule has 0 saturated carbocycles. The minimum absolute atomic E-state index is 0. The summed E-state index contributed by atoms with van der Waals surface area (Å²) < 4.78 is 11.2. The molecule has 0 fully saturated rings. The maximum atomic E-state index is 5.81. The Labute approximate surface area is 210 Å². The van der Waals surface area contributed by atoms with Gasteiger partial charge in [-0.05, 0) is 35.7 Å². The summed E-state index contributed by atoms with van der Waals surface area (Å²) in [6.07, 6.45) is 4.39. The highest BCUT2D eigenvalue weighted by atomic mass is 127. The smallest absolute Gasteiger partial charge is 0.213 e. The summed E-state index contributed by atoms with van der Waals surface area (Å²) in [6, 6.07) is 17.2. The van der Waals surface area contributed by atoms with Gasteiger partial charge in [0.2, 0.25) is 5.88 Å². The molecule has 3 rings (SSSR count). The number of nitrogens with zero attached hydrogens (tertiary/aromatic N) is 3. The normalized spacial score (nSPS) is 10.8. The van der Waals surface area contributed by atoms with Crippen LogP contribution in [0.3, 0.4) is 0 Å². The molecule has 0 spiro atoms. The van der Waals surface area contributed by atoms with E-state index in [0.717, 1.165) is 35.8 Å². The molecule has 0 aliphatic heterocycles. The number of pyridine rings is 2. The third-order valence-corrected chi connectivity index (χ3v) is 4.54. The zero-order chi connectivity index (χ0) is 21.7. The van der Waals surface area contributed by atoms with Crippen LogP contribution in [0.25, 0.3) is 0 Å². The van der Waals surface area contributed by atoms with Gasteiger partial charge in [0.15, 0.2) is 5.96 Å². The Bertz CT molecular complexity index is 941.